The van der Waals surface area contributed by atoms with Crippen LogP contribution in [0, 0.1) is 17.0 Å². The Hall–Kier alpha value is -3.11. The number of carbonyl (C=O) groups is 1. The van der Waals surface area contributed by atoms with Crippen LogP contribution in [-0.4, -0.2) is 31.3 Å². The van der Waals surface area contributed by atoms with Crippen molar-refractivity contribution >= 4 is 40.6 Å². The Morgan fingerprint density at radius 2 is 2.07 bits per heavy atom. The smallest absolute Gasteiger partial charge is 0.292 e. The molecule has 3 rings (SSSR count). The van der Waals surface area contributed by atoms with Gasteiger partial charge in [0.2, 0.25) is 5.91 Å². The maximum atomic E-state index is 12.2. The van der Waals surface area contributed by atoms with Gasteiger partial charge in [0.25, 0.3) is 5.69 Å². The molecule has 0 aliphatic heterocycles. The summed E-state index contributed by atoms with van der Waals surface area (Å²) in [5.41, 5.74) is 0.899. The summed E-state index contributed by atoms with van der Waals surface area (Å²) in [4.78, 5) is 22.7. The maximum Gasteiger partial charge on any atom is 0.292 e. The van der Waals surface area contributed by atoms with Gasteiger partial charge < -0.3 is 14.6 Å². The van der Waals surface area contributed by atoms with Crippen LogP contribution in [0.5, 0.6) is 5.75 Å². The van der Waals surface area contributed by atoms with E-state index in [2.05, 4.69) is 15.5 Å². The van der Waals surface area contributed by atoms with Crippen molar-refractivity contribution in [1.29, 1.82) is 0 Å². The van der Waals surface area contributed by atoms with E-state index in [1.54, 1.807) is 29.8 Å². The fraction of sp³-hybridized carbons (Fsp3) is 0.211. The lowest BCUT2D eigenvalue weighted by atomic mass is 10.2. The number of nitro benzene ring substituents is 1. The zero-order chi connectivity index (χ0) is 21.7. The standard InChI is InChI=1S/C19H18ClN5O4S/c1-12-9-13(20)7-8-16(12)29-10-17-22-23-19(24(17)2)30-11-18(26)21-14-5-3-4-6-15(14)25(27)28/h3-9H,10-11H2,1-2H3,(H,21,26). The number of aromatic nitrogens is 3. The van der Waals surface area contributed by atoms with Crippen molar-refractivity contribution in [2.24, 2.45) is 7.05 Å². The van der Waals surface area contributed by atoms with Crippen LogP contribution in [0.4, 0.5) is 11.4 Å². The van der Waals surface area contributed by atoms with Crippen molar-refractivity contribution < 1.29 is 14.5 Å². The zero-order valence-electron chi connectivity index (χ0n) is 16.2. The van der Waals surface area contributed by atoms with Crippen LogP contribution >= 0.6 is 23.4 Å². The van der Waals surface area contributed by atoms with E-state index >= 15 is 0 Å². The molecule has 0 bridgehead atoms. The summed E-state index contributed by atoms with van der Waals surface area (Å²) in [6.07, 6.45) is 0. The monoisotopic (exact) mass is 447 g/mol. The number of anilines is 1. The molecule has 0 fully saturated rings. The fourth-order valence-electron chi connectivity index (χ4n) is 2.57. The first-order valence-electron chi connectivity index (χ1n) is 8.78. The Morgan fingerprint density at radius 3 is 2.80 bits per heavy atom. The minimum atomic E-state index is -0.542. The third kappa shape index (κ3) is 5.28. The van der Waals surface area contributed by atoms with Crippen molar-refractivity contribution in [2.75, 3.05) is 11.1 Å². The SMILES string of the molecule is Cc1cc(Cl)ccc1OCc1nnc(SCC(=O)Nc2ccccc2[N+](=O)[O-])n1C. The van der Waals surface area contributed by atoms with E-state index in [0.29, 0.717) is 21.8 Å². The molecule has 0 saturated carbocycles. The number of ether oxygens (including phenoxy) is 1. The van der Waals surface area contributed by atoms with Gasteiger partial charge in [0.15, 0.2) is 11.0 Å². The Morgan fingerprint density at radius 1 is 1.30 bits per heavy atom. The average molecular weight is 448 g/mol. The van der Waals surface area contributed by atoms with E-state index in [1.807, 2.05) is 13.0 Å². The van der Waals surface area contributed by atoms with Gasteiger partial charge >= 0.3 is 0 Å². The van der Waals surface area contributed by atoms with Gasteiger partial charge in [0.05, 0.1) is 10.7 Å². The number of halogens is 1. The highest BCUT2D eigenvalue weighted by atomic mass is 35.5. The molecule has 11 heteroatoms. The number of carbonyl (C=O) groups excluding carboxylic acids is 1. The number of nitro groups is 1. The molecule has 1 N–H and O–H groups in total. The highest BCUT2D eigenvalue weighted by Crippen LogP contribution is 2.25. The molecule has 2 aromatic carbocycles. The van der Waals surface area contributed by atoms with Crippen molar-refractivity contribution in [3.05, 3.63) is 69.0 Å². The minimum Gasteiger partial charge on any atom is -0.485 e. The topological polar surface area (TPSA) is 112 Å². The number of aryl methyl sites for hydroxylation is 1. The summed E-state index contributed by atoms with van der Waals surface area (Å²) < 4.78 is 7.51. The summed E-state index contributed by atoms with van der Waals surface area (Å²) in [6.45, 7) is 2.10. The molecule has 156 valence electrons. The molecule has 0 unspecified atom stereocenters. The minimum absolute atomic E-state index is 0.0230. The molecule has 0 radical (unpaired) electrons. The lowest BCUT2D eigenvalue weighted by Crippen LogP contribution is -2.15. The van der Waals surface area contributed by atoms with E-state index in [4.69, 9.17) is 16.3 Å². The number of hydrogen-bond acceptors (Lipinski definition) is 7. The second kappa shape index (κ2) is 9.59. The molecule has 0 spiro atoms. The van der Waals surface area contributed by atoms with Gasteiger partial charge in [0, 0.05) is 18.1 Å². The normalized spacial score (nSPS) is 10.6. The molecule has 1 heterocycles. The van der Waals surface area contributed by atoms with Crippen molar-refractivity contribution in [2.45, 2.75) is 18.7 Å². The van der Waals surface area contributed by atoms with Crippen LogP contribution in [-0.2, 0) is 18.4 Å². The van der Waals surface area contributed by atoms with Gasteiger partial charge in [-0.05, 0) is 36.8 Å². The Kier molecular flexibility index (Phi) is 6.91. The third-order valence-corrected chi connectivity index (χ3v) is 5.38. The molecular formula is C19H18ClN5O4S. The lowest BCUT2D eigenvalue weighted by molar-refractivity contribution is -0.383. The summed E-state index contributed by atoms with van der Waals surface area (Å²) in [5.74, 6) is 0.924. The van der Waals surface area contributed by atoms with Crippen molar-refractivity contribution in [3.63, 3.8) is 0 Å². The van der Waals surface area contributed by atoms with Crippen LogP contribution in [0.1, 0.15) is 11.4 Å². The maximum absolute atomic E-state index is 12.2. The summed E-state index contributed by atoms with van der Waals surface area (Å²) >= 11 is 7.12. The molecule has 1 aromatic heterocycles. The molecule has 1 amide bonds. The number of nitrogens with zero attached hydrogens (tertiary/aromatic N) is 4. The fourth-order valence-corrected chi connectivity index (χ4v) is 3.53. The number of nitrogens with one attached hydrogen (secondary N) is 1. The largest absolute Gasteiger partial charge is 0.485 e. The van der Waals surface area contributed by atoms with Gasteiger partial charge in [-0.25, -0.2) is 0 Å². The first kappa shape index (κ1) is 21.6. The van der Waals surface area contributed by atoms with Crippen LogP contribution in [0.3, 0.4) is 0 Å². The predicted octanol–water partition coefficient (Wildman–Crippen LogP) is 3.99. The Bertz CT molecular complexity index is 1090. The first-order valence-corrected chi connectivity index (χ1v) is 10.1. The molecular weight excluding hydrogens is 430 g/mol. The van der Waals surface area contributed by atoms with Gasteiger partial charge in [-0.3, -0.25) is 14.9 Å². The Balaban J connectivity index is 1.57. The highest BCUT2D eigenvalue weighted by Gasteiger charge is 2.16. The number of benzene rings is 2. The van der Waals surface area contributed by atoms with Crippen LogP contribution < -0.4 is 10.1 Å². The highest BCUT2D eigenvalue weighted by molar-refractivity contribution is 7.99. The molecule has 0 saturated heterocycles. The van der Waals surface area contributed by atoms with Crippen molar-refractivity contribution in [1.82, 2.24) is 14.8 Å². The second-order valence-corrected chi connectivity index (χ2v) is 7.65. The predicted molar refractivity (Wildman–Crippen MR) is 114 cm³/mol. The first-order chi connectivity index (χ1) is 14.3. The number of amides is 1. The van der Waals surface area contributed by atoms with Gasteiger partial charge in [-0.1, -0.05) is 35.5 Å². The molecule has 30 heavy (non-hydrogen) atoms. The van der Waals surface area contributed by atoms with Crippen molar-refractivity contribution in [3.8, 4) is 5.75 Å². The lowest BCUT2D eigenvalue weighted by Gasteiger charge is -2.09. The second-order valence-electron chi connectivity index (χ2n) is 6.27. The molecule has 3 aromatic rings. The molecule has 0 aliphatic carbocycles. The average Bonchev–Trinajstić information content (AvgIpc) is 3.05. The van der Waals surface area contributed by atoms with E-state index in [-0.39, 0.29) is 29.6 Å². The van der Waals surface area contributed by atoms with E-state index < -0.39 is 4.92 Å². The number of hydrogen-bond donors (Lipinski definition) is 1. The van der Waals surface area contributed by atoms with Gasteiger partial charge in [-0.2, -0.15) is 0 Å². The quantitative estimate of drug-likeness (QED) is 0.315. The summed E-state index contributed by atoms with van der Waals surface area (Å²) in [6, 6.07) is 11.3. The number of para-hydroxylation sites is 2. The Labute approximate surface area is 181 Å². The van der Waals surface area contributed by atoms with Gasteiger partial charge in [0.1, 0.15) is 18.0 Å². The zero-order valence-corrected chi connectivity index (χ0v) is 17.7. The van der Waals surface area contributed by atoms with Crippen LogP contribution in [0.15, 0.2) is 47.6 Å². The van der Waals surface area contributed by atoms with Crippen LogP contribution in [0.25, 0.3) is 0 Å². The van der Waals surface area contributed by atoms with Gasteiger partial charge in [-0.15, -0.1) is 10.2 Å². The summed E-state index contributed by atoms with van der Waals surface area (Å²) in [7, 11) is 1.77. The van der Waals surface area contributed by atoms with E-state index in [0.717, 1.165) is 5.56 Å². The third-order valence-electron chi connectivity index (χ3n) is 4.13. The number of thioether (sulfide) groups is 1. The molecule has 0 atom stereocenters. The molecule has 0 aliphatic rings. The van der Waals surface area contributed by atoms with E-state index in [1.165, 1.54) is 30.0 Å². The summed E-state index contributed by atoms with van der Waals surface area (Å²) in [5, 5.41) is 22.9. The number of rotatable bonds is 8. The van der Waals surface area contributed by atoms with E-state index in [9.17, 15) is 14.9 Å². The van der Waals surface area contributed by atoms with Crippen LogP contribution in [0.2, 0.25) is 5.02 Å². The molecule has 9 nitrogen and oxygen atoms in total.